The molecular formula is C19H24N2O4S. The lowest BCUT2D eigenvalue weighted by atomic mass is 10.2. The standard InChI is InChI=1S/C19H24N2O4S/c1-4-11-20-26(23,24)17-9-10-18(15(3)12-17)25-13-19(22)21-16-7-5-14(2)6-8-16/h5-10,12,20H,4,11,13H2,1-3H3,(H,21,22). The van der Waals surface area contributed by atoms with Gasteiger partial charge in [0.1, 0.15) is 5.75 Å². The van der Waals surface area contributed by atoms with Crippen molar-refractivity contribution >= 4 is 21.6 Å². The first kappa shape index (κ1) is 19.9. The summed E-state index contributed by atoms with van der Waals surface area (Å²) in [6.07, 6.45) is 0.718. The van der Waals surface area contributed by atoms with Crippen LogP contribution in [0, 0.1) is 13.8 Å². The van der Waals surface area contributed by atoms with Crippen molar-refractivity contribution in [3.05, 3.63) is 53.6 Å². The summed E-state index contributed by atoms with van der Waals surface area (Å²) in [5.41, 5.74) is 2.45. The van der Waals surface area contributed by atoms with Gasteiger partial charge in [-0.05, 0) is 56.2 Å². The number of rotatable bonds is 8. The Balaban J connectivity index is 1.97. The molecule has 0 aliphatic heterocycles. The van der Waals surface area contributed by atoms with E-state index in [1.165, 1.54) is 12.1 Å². The molecule has 0 spiro atoms. The van der Waals surface area contributed by atoms with Gasteiger partial charge in [-0.1, -0.05) is 24.6 Å². The van der Waals surface area contributed by atoms with Crippen LogP contribution in [0.5, 0.6) is 5.75 Å². The van der Waals surface area contributed by atoms with E-state index in [0.29, 0.717) is 23.5 Å². The van der Waals surface area contributed by atoms with Crippen molar-refractivity contribution in [1.82, 2.24) is 4.72 Å². The first-order valence-electron chi connectivity index (χ1n) is 8.41. The number of amides is 1. The molecule has 0 saturated heterocycles. The highest BCUT2D eigenvalue weighted by Gasteiger charge is 2.15. The predicted octanol–water partition coefficient (Wildman–Crippen LogP) is 3.01. The predicted molar refractivity (Wildman–Crippen MR) is 102 cm³/mol. The van der Waals surface area contributed by atoms with Crippen LogP contribution < -0.4 is 14.8 Å². The average molecular weight is 376 g/mol. The van der Waals surface area contributed by atoms with E-state index in [-0.39, 0.29) is 17.4 Å². The summed E-state index contributed by atoms with van der Waals surface area (Å²) in [5.74, 6) is 0.188. The lowest BCUT2D eigenvalue weighted by Crippen LogP contribution is -2.24. The summed E-state index contributed by atoms with van der Waals surface area (Å²) in [5, 5.41) is 2.75. The smallest absolute Gasteiger partial charge is 0.262 e. The zero-order valence-electron chi connectivity index (χ0n) is 15.2. The second-order valence-electron chi connectivity index (χ2n) is 6.03. The Kier molecular flexibility index (Phi) is 6.76. The Morgan fingerprint density at radius 3 is 2.38 bits per heavy atom. The van der Waals surface area contributed by atoms with Crippen molar-refractivity contribution in [3.8, 4) is 5.75 Å². The summed E-state index contributed by atoms with van der Waals surface area (Å²) < 4.78 is 32.3. The number of carbonyl (C=O) groups excluding carboxylic acids is 1. The average Bonchev–Trinajstić information content (AvgIpc) is 2.61. The van der Waals surface area contributed by atoms with Gasteiger partial charge in [-0.25, -0.2) is 13.1 Å². The van der Waals surface area contributed by atoms with Gasteiger partial charge in [-0.2, -0.15) is 0 Å². The molecule has 1 amide bonds. The monoisotopic (exact) mass is 376 g/mol. The molecule has 2 N–H and O–H groups in total. The normalized spacial score (nSPS) is 11.2. The van der Waals surface area contributed by atoms with E-state index >= 15 is 0 Å². The maximum atomic E-state index is 12.1. The topological polar surface area (TPSA) is 84.5 Å². The molecule has 0 aliphatic carbocycles. The highest BCUT2D eigenvalue weighted by molar-refractivity contribution is 7.89. The quantitative estimate of drug-likeness (QED) is 0.742. The van der Waals surface area contributed by atoms with Gasteiger partial charge in [0.05, 0.1) is 4.90 Å². The molecule has 0 aliphatic rings. The fraction of sp³-hybridized carbons (Fsp3) is 0.316. The van der Waals surface area contributed by atoms with E-state index in [1.54, 1.807) is 13.0 Å². The van der Waals surface area contributed by atoms with Gasteiger partial charge in [0.2, 0.25) is 10.0 Å². The lowest BCUT2D eigenvalue weighted by molar-refractivity contribution is -0.118. The van der Waals surface area contributed by atoms with Gasteiger partial charge in [0.15, 0.2) is 6.61 Å². The number of aryl methyl sites for hydroxylation is 2. The first-order valence-corrected chi connectivity index (χ1v) is 9.90. The van der Waals surface area contributed by atoms with Gasteiger partial charge in [-0.3, -0.25) is 4.79 Å². The molecule has 0 radical (unpaired) electrons. The molecule has 2 aromatic rings. The van der Waals surface area contributed by atoms with Crippen LogP contribution in [0.25, 0.3) is 0 Å². The third kappa shape index (κ3) is 5.57. The zero-order valence-corrected chi connectivity index (χ0v) is 16.0. The first-order chi connectivity index (χ1) is 12.3. The van der Waals surface area contributed by atoms with Gasteiger partial charge >= 0.3 is 0 Å². The van der Waals surface area contributed by atoms with Crippen LogP contribution in [0.15, 0.2) is 47.4 Å². The zero-order chi connectivity index (χ0) is 19.2. The number of hydrogen-bond donors (Lipinski definition) is 2. The van der Waals surface area contributed by atoms with Crippen molar-refractivity contribution in [2.24, 2.45) is 0 Å². The summed E-state index contributed by atoms with van der Waals surface area (Å²) in [4.78, 5) is 12.2. The third-order valence-electron chi connectivity index (χ3n) is 3.69. The fourth-order valence-electron chi connectivity index (χ4n) is 2.25. The number of sulfonamides is 1. The molecule has 6 nitrogen and oxygen atoms in total. The summed E-state index contributed by atoms with van der Waals surface area (Å²) in [6.45, 7) is 5.84. The van der Waals surface area contributed by atoms with E-state index in [1.807, 2.05) is 38.1 Å². The highest BCUT2D eigenvalue weighted by Crippen LogP contribution is 2.22. The van der Waals surface area contributed by atoms with Crippen LogP contribution in [0.2, 0.25) is 0 Å². The Hall–Kier alpha value is -2.38. The highest BCUT2D eigenvalue weighted by atomic mass is 32.2. The summed E-state index contributed by atoms with van der Waals surface area (Å²) in [6, 6.07) is 12.0. The minimum Gasteiger partial charge on any atom is -0.483 e. The molecular weight excluding hydrogens is 352 g/mol. The van der Waals surface area contributed by atoms with Crippen molar-refractivity contribution in [1.29, 1.82) is 0 Å². The summed E-state index contributed by atoms with van der Waals surface area (Å²) >= 11 is 0. The third-order valence-corrected chi connectivity index (χ3v) is 5.15. The Bertz CT molecular complexity index is 862. The largest absolute Gasteiger partial charge is 0.483 e. The molecule has 2 rings (SSSR count). The molecule has 0 bridgehead atoms. The van der Waals surface area contributed by atoms with Crippen LogP contribution in [-0.4, -0.2) is 27.5 Å². The molecule has 2 aromatic carbocycles. The summed E-state index contributed by atoms with van der Waals surface area (Å²) in [7, 11) is -3.52. The van der Waals surface area contributed by atoms with Gasteiger partial charge in [0, 0.05) is 12.2 Å². The molecule has 140 valence electrons. The van der Waals surface area contributed by atoms with Crippen LogP contribution >= 0.6 is 0 Å². The molecule has 0 unspecified atom stereocenters. The SMILES string of the molecule is CCCNS(=O)(=O)c1ccc(OCC(=O)Nc2ccc(C)cc2)c(C)c1. The molecule has 7 heteroatoms. The molecule has 0 heterocycles. The Labute approximate surface area is 154 Å². The van der Waals surface area contributed by atoms with E-state index in [9.17, 15) is 13.2 Å². The number of anilines is 1. The van der Waals surface area contributed by atoms with Crippen molar-refractivity contribution < 1.29 is 17.9 Å². The van der Waals surface area contributed by atoms with E-state index in [4.69, 9.17) is 4.74 Å². The molecule has 0 atom stereocenters. The maximum Gasteiger partial charge on any atom is 0.262 e. The van der Waals surface area contributed by atoms with E-state index in [0.717, 1.165) is 12.0 Å². The molecule has 0 aromatic heterocycles. The van der Waals surface area contributed by atoms with Gasteiger partial charge < -0.3 is 10.1 Å². The van der Waals surface area contributed by atoms with Crippen LogP contribution in [0.1, 0.15) is 24.5 Å². The second-order valence-corrected chi connectivity index (χ2v) is 7.79. The minimum absolute atomic E-state index is 0.158. The fourth-order valence-corrected chi connectivity index (χ4v) is 3.47. The molecule has 0 fully saturated rings. The molecule has 26 heavy (non-hydrogen) atoms. The number of hydrogen-bond acceptors (Lipinski definition) is 4. The van der Waals surface area contributed by atoms with Crippen LogP contribution in [-0.2, 0) is 14.8 Å². The number of ether oxygens (including phenoxy) is 1. The van der Waals surface area contributed by atoms with Crippen LogP contribution in [0.4, 0.5) is 5.69 Å². The number of carbonyl (C=O) groups is 1. The van der Waals surface area contributed by atoms with E-state index in [2.05, 4.69) is 10.0 Å². The van der Waals surface area contributed by atoms with Crippen molar-refractivity contribution in [2.45, 2.75) is 32.1 Å². The van der Waals surface area contributed by atoms with Gasteiger partial charge in [-0.15, -0.1) is 0 Å². The van der Waals surface area contributed by atoms with Crippen LogP contribution in [0.3, 0.4) is 0 Å². The Morgan fingerprint density at radius 1 is 1.08 bits per heavy atom. The minimum atomic E-state index is -3.52. The van der Waals surface area contributed by atoms with Crippen molar-refractivity contribution in [2.75, 3.05) is 18.5 Å². The van der Waals surface area contributed by atoms with Crippen molar-refractivity contribution in [3.63, 3.8) is 0 Å². The maximum absolute atomic E-state index is 12.1. The lowest BCUT2D eigenvalue weighted by Gasteiger charge is -2.12. The number of benzene rings is 2. The molecule has 0 saturated carbocycles. The van der Waals surface area contributed by atoms with Gasteiger partial charge in [0.25, 0.3) is 5.91 Å². The second kappa shape index (κ2) is 8.82. The Morgan fingerprint density at radius 2 is 1.77 bits per heavy atom. The number of nitrogens with one attached hydrogen (secondary N) is 2. The van der Waals surface area contributed by atoms with E-state index < -0.39 is 10.0 Å².